The number of para-hydroxylation sites is 1. The zero-order valence-electron chi connectivity index (χ0n) is 16.2. The van der Waals surface area contributed by atoms with Crippen molar-refractivity contribution >= 4 is 23.4 Å². The molecule has 1 heterocycles. The number of fused-ring (bicyclic) bond motifs is 1. The van der Waals surface area contributed by atoms with Gasteiger partial charge in [0.1, 0.15) is 0 Å². The summed E-state index contributed by atoms with van der Waals surface area (Å²) >= 11 is 0. The summed E-state index contributed by atoms with van der Waals surface area (Å²) < 4.78 is 0. The molecule has 0 aliphatic carbocycles. The van der Waals surface area contributed by atoms with Gasteiger partial charge < -0.3 is 15.5 Å². The summed E-state index contributed by atoms with van der Waals surface area (Å²) in [5, 5.41) is 5.46. The highest BCUT2D eigenvalue weighted by molar-refractivity contribution is 6.09. The largest absolute Gasteiger partial charge is 0.355 e. The Morgan fingerprint density at radius 2 is 1.61 bits per heavy atom. The first-order chi connectivity index (χ1) is 13.4. The molecular formula is C22H25N3O3. The molecule has 146 valence electrons. The van der Waals surface area contributed by atoms with Crippen molar-refractivity contribution in [1.29, 1.82) is 0 Å². The molecule has 2 aromatic rings. The minimum absolute atomic E-state index is 0.0577. The molecule has 0 spiro atoms. The van der Waals surface area contributed by atoms with Crippen LogP contribution in [-0.4, -0.2) is 37.9 Å². The molecular weight excluding hydrogens is 354 g/mol. The van der Waals surface area contributed by atoms with Crippen LogP contribution in [0.4, 0.5) is 5.69 Å². The lowest BCUT2D eigenvalue weighted by molar-refractivity contribution is -0.129. The second-order valence-corrected chi connectivity index (χ2v) is 7.14. The van der Waals surface area contributed by atoms with Crippen molar-refractivity contribution in [2.45, 2.75) is 25.2 Å². The zero-order valence-corrected chi connectivity index (χ0v) is 16.2. The molecule has 1 aliphatic rings. The normalized spacial score (nSPS) is 17.9. The van der Waals surface area contributed by atoms with E-state index in [2.05, 4.69) is 10.6 Å². The molecule has 0 saturated carbocycles. The van der Waals surface area contributed by atoms with Gasteiger partial charge in [0, 0.05) is 39.2 Å². The van der Waals surface area contributed by atoms with E-state index < -0.39 is 5.41 Å². The van der Waals surface area contributed by atoms with Gasteiger partial charge in [-0.15, -0.1) is 0 Å². The summed E-state index contributed by atoms with van der Waals surface area (Å²) in [5.74, 6) is -0.425. The molecule has 0 bridgehead atoms. The van der Waals surface area contributed by atoms with Crippen LogP contribution in [0.15, 0.2) is 54.6 Å². The minimum Gasteiger partial charge on any atom is -0.355 e. The van der Waals surface area contributed by atoms with Crippen LogP contribution in [0.2, 0.25) is 0 Å². The Labute approximate surface area is 164 Å². The van der Waals surface area contributed by atoms with Gasteiger partial charge in [0.2, 0.25) is 17.7 Å². The lowest BCUT2D eigenvalue weighted by Gasteiger charge is -2.28. The number of hydrogen-bond acceptors (Lipinski definition) is 3. The molecule has 3 rings (SSSR count). The number of amides is 3. The van der Waals surface area contributed by atoms with Gasteiger partial charge in [-0.1, -0.05) is 48.5 Å². The Hall–Kier alpha value is -3.15. The molecule has 0 aromatic heterocycles. The molecule has 1 aliphatic heterocycles. The van der Waals surface area contributed by atoms with Crippen LogP contribution in [0.25, 0.3) is 0 Å². The fourth-order valence-electron chi connectivity index (χ4n) is 3.84. The summed E-state index contributed by atoms with van der Waals surface area (Å²) in [4.78, 5) is 38.6. The summed E-state index contributed by atoms with van der Waals surface area (Å²) in [5.41, 5.74) is 1.79. The van der Waals surface area contributed by atoms with Gasteiger partial charge in [0.25, 0.3) is 0 Å². The van der Waals surface area contributed by atoms with Gasteiger partial charge in [-0.2, -0.15) is 0 Å². The van der Waals surface area contributed by atoms with E-state index in [0.717, 1.165) is 16.8 Å². The van der Waals surface area contributed by atoms with E-state index in [-0.39, 0.29) is 24.1 Å². The Balaban J connectivity index is 1.87. The number of nitrogens with zero attached hydrogens (tertiary/aromatic N) is 1. The smallest absolute Gasteiger partial charge is 0.238 e. The summed E-state index contributed by atoms with van der Waals surface area (Å²) in [6.45, 7) is 2.11. The van der Waals surface area contributed by atoms with Crippen LogP contribution < -0.4 is 15.5 Å². The van der Waals surface area contributed by atoms with Crippen molar-refractivity contribution < 1.29 is 14.4 Å². The van der Waals surface area contributed by atoms with Gasteiger partial charge in [-0.25, -0.2) is 0 Å². The van der Waals surface area contributed by atoms with Gasteiger partial charge in [0.15, 0.2) is 0 Å². The van der Waals surface area contributed by atoms with Crippen LogP contribution in [0.1, 0.15) is 24.5 Å². The van der Waals surface area contributed by atoms with Crippen molar-refractivity contribution in [1.82, 2.24) is 10.6 Å². The number of benzene rings is 2. The lowest BCUT2D eigenvalue weighted by atomic mass is 9.73. The number of rotatable bonds is 7. The molecule has 0 fully saturated rings. The maximum absolute atomic E-state index is 13.3. The van der Waals surface area contributed by atoms with E-state index in [1.165, 1.54) is 6.92 Å². The molecule has 1 atom stereocenters. The Kier molecular flexibility index (Phi) is 5.78. The van der Waals surface area contributed by atoms with E-state index in [4.69, 9.17) is 0 Å². The van der Waals surface area contributed by atoms with E-state index in [1.54, 1.807) is 11.9 Å². The molecule has 2 N–H and O–H groups in total. The predicted octanol–water partition coefficient (Wildman–Crippen LogP) is 1.79. The maximum atomic E-state index is 13.3. The third-order valence-corrected chi connectivity index (χ3v) is 5.13. The fraction of sp³-hybridized carbons (Fsp3) is 0.318. The highest BCUT2D eigenvalue weighted by Crippen LogP contribution is 2.45. The quantitative estimate of drug-likeness (QED) is 0.720. The fourth-order valence-corrected chi connectivity index (χ4v) is 3.84. The number of hydrogen-bond donors (Lipinski definition) is 2. The number of carbonyl (C=O) groups excluding carboxylic acids is 3. The van der Waals surface area contributed by atoms with Crippen molar-refractivity contribution in [2.24, 2.45) is 0 Å². The molecule has 0 saturated heterocycles. The topological polar surface area (TPSA) is 78.5 Å². The van der Waals surface area contributed by atoms with Crippen molar-refractivity contribution in [3.05, 3.63) is 65.7 Å². The first-order valence-electron chi connectivity index (χ1n) is 9.37. The van der Waals surface area contributed by atoms with Gasteiger partial charge >= 0.3 is 0 Å². The van der Waals surface area contributed by atoms with Crippen LogP contribution in [-0.2, 0) is 26.2 Å². The van der Waals surface area contributed by atoms with Crippen molar-refractivity contribution in [3.63, 3.8) is 0 Å². The van der Waals surface area contributed by atoms with E-state index in [1.807, 2.05) is 54.6 Å². The average molecular weight is 379 g/mol. The molecule has 3 amide bonds. The van der Waals surface area contributed by atoms with Crippen molar-refractivity contribution in [2.75, 3.05) is 25.0 Å². The second-order valence-electron chi connectivity index (χ2n) is 7.14. The molecule has 6 nitrogen and oxygen atoms in total. The Bertz CT molecular complexity index is 882. The minimum atomic E-state index is -0.940. The highest BCUT2D eigenvalue weighted by atomic mass is 16.2. The molecule has 1 unspecified atom stereocenters. The van der Waals surface area contributed by atoms with Gasteiger partial charge in [0.05, 0.1) is 5.41 Å². The molecule has 2 aromatic carbocycles. The van der Waals surface area contributed by atoms with Gasteiger partial charge in [-0.3, -0.25) is 14.4 Å². The van der Waals surface area contributed by atoms with E-state index in [9.17, 15) is 14.4 Å². The van der Waals surface area contributed by atoms with Gasteiger partial charge in [-0.05, 0) is 23.6 Å². The maximum Gasteiger partial charge on any atom is 0.238 e. The number of likely N-dealkylation sites (N-methyl/N-ethyl adjacent to an activating group) is 1. The van der Waals surface area contributed by atoms with Crippen LogP contribution in [0.3, 0.4) is 0 Å². The molecule has 0 radical (unpaired) electrons. The predicted molar refractivity (Wildman–Crippen MR) is 108 cm³/mol. The van der Waals surface area contributed by atoms with Crippen LogP contribution >= 0.6 is 0 Å². The number of carbonyl (C=O) groups is 3. The summed E-state index contributed by atoms with van der Waals surface area (Å²) in [7, 11) is 1.75. The third-order valence-electron chi connectivity index (χ3n) is 5.13. The van der Waals surface area contributed by atoms with Crippen molar-refractivity contribution in [3.8, 4) is 0 Å². The average Bonchev–Trinajstić information content (AvgIpc) is 2.88. The van der Waals surface area contributed by atoms with Crippen LogP contribution in [0, 0.1) is 0 Å². The number of anilines is 1. The standard InChI is InChI=1S/C22H25N3O3/c1-16(26)23-12-13-24-20(27)15-22(14-17-8-4-3-5-9-17)18-10-6-7-11-19(18)25(2)21(22)28/h3-11H,12-15H2,1-2H3,(H,23,26)(H,24,27). The highest BCUT2D eigenvalue weighted by Gasteiger charge is 2.50. The SMILES string of the molecule is CC(=O)NCCNC(=O)CC1(Cc2ccccc2)C(=O)N(C)c2ccccc21. The first kappa shape index (κ1) is 19.6. The third kappa shape index (κ3) is 3.91. The molecule has 28 heavy (non-hydrogen) atoms. The lowest BCUT2D eigenvalue weighted by Crippen LogP contribution is -2.45. The number of nitrogens with one attached hydrogen (secondary N) is 2. The second kappa shape index (κ2) is 8.25. The zero-order chi connectivity index (χ0) is 20.1. The molecule has 6 heteroatoms. The first-order valence-corrected chi connectivity index (χ1v) is 9.37. The summed E-state index contributed by atoms with van der Waals surface area (Å²) in [6, 6.07) is 17.4. The van der Waals surface area contributed by atoms with Crippen LogP contribution in [0.5, 0.6) is 0 Å². The van der Waals surface area contributed by atoms with E-state index in [0.29, 0.717) is 19.5 Å². The Morgan fingerprint density at radius 1 is 0.964 bits per heavy atom. The Morgan fingerprint density at radius 3 is 2.32 bits per heavy atom. The summed E-state index contributed by atoms with van der Waals surface area (Å²) in [6.07, 6.45) is 0.509. The van der Waals surface area contributed by atoms with E-state index >= 15 is 0 Å². The monoisotopic (exact) mass is 379 g/mol.